The molecule has 1 aromatic rings. The Kier molecular flexibility index (Phi) is 5.77. The number of carbonyl (C=O) groups is 1. The predicted molar refractivity (Wildman–Crippen MR) is 102 cm³/mol. The zero-order valence-electron chi connectivity index (χ0n) is 16.1. The van der Waals surface area contributed by atoms with Crippen LogP contribution in [0.25, 0.3) is 5.57 Å². The van der Waals surface area contributed by atoms with E-state index in [1.807, 2.05) is 0 Å². The Morgan fingerprint density at radius 3 is 2.48 bits per heavy atom. The van der Waals surface area contributed by atoms with E-state index >= 15 is 4.39 Å². The van der Waals surface area contributed by atoms with Crippen molar-refractivity contribution in [2.24, 2.45) is 5.92 Å². The summed E-state index contributed by atoms with van der Waals surface area (Å²) in [4.78, 5) is 11.7. The number of hydrogen-bond acceptors (Lipinski definition) is 3. The van der Waals surface area contributed by atoms with E-state index in [0.29, 0.717) is 23.5 Å². The van der Waals surface area contributed by atoms with Crippen molar-refractivity contribution in [1.29, 1.82) is 0 Å². The fourth-order valence-corrected chi connectivity index (χ4v) is 3.36. The minimum Gasteiger partial charge on any atom is -0.542 e. The molecule has 1 fully saturated rings. The highest BCUT2D eigenvalue weighted by Gasteiger charge is 2.39. The standard InChI is InChI=1S/C20H29FO3Si/c1-20(2,3)25(5,6)24-17-9-7-8-16(19(17)21)15(12-14-10-11-14)13-18(22)23-4/h7-9,13-14H,10-12H2,1-6H3. The minimum atomic E-state index is -2.14. The highest BCUT2D eigenvalue weighted by molar-refractivity contribution is 6.74. The number of carbonyl (C=O) groups excluding carboxylic acids is 1. The Hall–Kier alpha value is -1.62. The van der Waals surface area contributed by atoms with Crippen LogP contribution in [0.5, 0.6) is 5.75 Å². The molecule has 0 unspecified atom stereocenters. The van der Waals surface area contributed by atoms with Gasteiger partial charge in [0.1, 0.15) is 5.75 Å². The minimum absolute atomic E-state index is 0.0197. The van der Waals surface area contributed by atoms with Crippen molar-refractivity contribution in [1.82, 2.24) is 0 Å². The molecule has 1 aliphatic carbocycles. The first-order valence-corrected chi connectivity index (χ1v) is 11.7. The Morgan fingerprint density at radius 1 is 1.32 bits per heavy atom. The van der Waals surface area contributed by atoms with Gasteiger partial charge in [-0.15, -0.1) is 0 Å². The van der Waals surface area contributed by atoms with Crippen LogP contribution in [-0.2, 0) is 9.53 Å². The average Bonchev–Trinajstić information content (AvgIpc) is 3.31. The fraction of sp³-hybridized carbons (Fsp3) is 0.550. The van der Waals surface area contributed by atoms with E-state index in [2.05, 4.69) is 33.9 Å². The summed E-state index contributed by atoms with van der Waals surface area (Å²) in [6.07, 6.45) is 4.35. The lowest BCUT2D eigenvalue weighted by atomic mass is 9.99. The summed E-state index contributed by atoms with van der Waals surface area (Å²) < 4.78 is 26.1. The van der Waals surface area contributed by atoms with Crippen LogP contribution in [0.1, 0.15) is 45.6 Å². The second-order valence-electron chi connectivity index (χ2n) is 8.32. The molecule has 0 atom stereocenters. The van der Waals surface area contributed by atoms with Crippen LogP contribution in [0.4, 0.5) is 4.39 Å². The van der Waals surface area contributed by atoms with Crippen molar-refractivity contribution in [3.8, 4) is 5.75 Å². The maximum absolute atomic E-state index is 15.2. The predicted octanol–water partition coefficient (Wildman–Crippen LogP) is 5.57. The summed E-state index contributed by atoms with van der Waals surface area (Å²) >= 11 is 0. The van der Waals surface area contributed by atoms with E-state index < -0.39 is 14.3 Å². The van der Waals surface area contributed by atoms with Crippen LogP contribution < -0.4 is 4.43 Å². The van der Waals surface area contributed by atoms with Gasteiger partial charge in [-0.2, -0.15) is 0 Å². The molecule has 0 saturated heterocycles. The molecule has 3 nitrogen and oxygen atoms in total. The highest BCUT2D eigenvalue weighted by Crippen LogP contribution is 2.41. The average molecular weight is 365 g/mol. The molecule has 0 N–H and O–H groups in total. The molecule has 138 valence electrons. The van der Waals surface area contributed by atoms with Gasteiger partial charge in [-0.3, -0.25) is 0 Å². The largest absolute Gasteiger partial charge is 0.542 e. The Morgan fingerprint density at radius 2 is 1.96 bits per heavy atom. The summed E-state index contributed by atoms with van der Waals surface area (Å²) in [5, 5.41) is -0.0197. The van der Waals surface area contributed by atoms with Crippen molar-refractivity contribution in [2.45, 2.75) is 58.2 Å². The second-order valence-corrected chi connectivity index (χ2v) is 13.0. The Bertz CT molecular complexity index is 670. The number of benzene rings is 1. The van der Waals surface area contributed by atoms with E-state index in [4.69, 9.17) is 9.16 Å². The molecule has 0 bridgehead atoms. The van der Waals surface area contributed by atoms with E-state index in [1.54, 1.807) is 18.2 Å². The number of rotatable bonds is 6. The first-order chi connectivity index (χ1) is 11.5. The summed E-state index contributed by atoms with van der Waals surface area (Å²) in [6, 6.07) is 5.18. The van der Waals surface area contributed by atoms with Crippen molar-refractivity contribution in [3.63, 3.8) is 0 Å². The molecule has 0 radical (unpaired) electrons. The van der Waals surface area contributed by atoms with Gasteiger partial charge in [0.15, 0.2) is 5.82 Å². The zero-order valence-corrected chi connectivity index (χ0v) is 17.1. The van der Waals surface area contributed by atoms with Crippen molar-refractivity contribution in [2.75, 3.05) is 7.11 Å². The van der Waals surface area contributed by atoms with Gasteiger partial charge in [0.05, 0.1) is 7.11 Å². The van der Waals surface area contributed by atoms with Gasteiger partial charge in [-0.1, -0.05) is 32.9 Å². The summed E-state index contributed by atoms with van der Waals surface area (Å²) in [6.45, 7) is 10.5. The normalized spacial score (nSPS) is 15.9. The molecule has 0 heterocycles. The lowest BCUT2D eigenvalue weighted by Crippen LogP contribution is -2.44. The van der Waals surface area contributed by atoms with Gasteiger partial charge in [0, 0.05) is 11.6 Å². The van der Waals surface area contributed by atoms with Crippen LogP contribution in [0.2, 0.25) is 18.1 Å². The summed E-state index contributed by atoms with van der Waals surface area (Å²) in [7, 11) is -0.810. The molecule has 0 amide bonds. The third-order valence-electron chi connectivity index (χ3n) is 5.18. The van der Waals surface area contributed by atoms with Gasteiger partial charge in [0.2, 0.25) is 0 Å². The third kappa shape index (κ3) is 4.94. The lowest BCUT2D eigenvalue weighted by Gasteiger charge is -2.36. The van der Waals surface area contributed by atoms with Crippen LogP contribution in [0.15, 0.2) is 24.3 Å². The fourth-order valence-electron chi connectivity index (χ4n) is 2.35. The monoisotopic (exact) mass is 364 g/mol. The SMILES string of the molecule is COC(=O)C=C(CC1CC1)c1cccc(O[Si](C)(C)C(C)(C)C)c1F. The number of hydrogen-bond donors (Lipinski definition) is 0. The molecule has 25 heavy (non-hydrogen) atoms. The third-order valence-corrected chi connectivity index (χ3v) is 9.52. The van der Waals surface area contributed by atoms with Crippen LogP contribution in [-0.4, -0.2) is 21.4 Å². The number of halogens is 1. The van der Waals surface area contributed by atoms with Gasteiger partial charge in [-0.25, -0.2) is 9.18 Å². The molecule has 1 aliphatic rings. The quantitative estimate of drug-likeness (QED) is 0.376. The maximum Gasteiger partial charge on any atom is 0.330 e. The first-order valence-electron chi connectivity index (χ1n) is 8.81. The van der Waals surface area contributed by atoms with Crippen molar-refractivity contribution in [3.05, 3.63) is 35.7 Å². The van der Waals surface area contributed by atoms with Gasteiger partial charge < -0.3 is 9.16 Å². The van der Waals surface area contributed by atoms with Crippen molar-refractivity contribution < 1.29 is 18.3 Å². The first kappa shape index (κ1) is 19.7. The van der Waals surface area contributed by atoms with Crippen LogP contribution in [0, 0.1) is 11.7 Å². The van der Waals surface area contributed by atoms with E-state index in [1.165, 1.54) is 13.2 Å². The van der Waals surface area contributed by atoms with Gasteiger partial charge >= 0.3 is 5.97 Å². The smallest absolute Gasteiger partial charge is 0.330 e. The number of ether oxygens (including phenoxy) is 1. The number of esters is 1. The molecule has 5 heteroatoms. The molecule has 2 rings (SSSR count). The molecular formula is C20H29FO3Si. The van der Waals surface area contributed by atoms with Gasteiger partial charge in [-0.05, 0) is 55.0 Å². The zero-order chi connectivity index (χ0) is 18.8. The van der Waals surface area contributed by atoms with Gasteiger partial charge in [0.25, 0.3) is 8.32 Å². The molecule has 1 saturated carbocycles. The molecular weight excluding hydrogens is 335 g/mol. The van der Waals surface area contributed by atoms with E-state index in [-0.39, 0.29) is 16.6 Å². The molecule has 0 aliphatic heterocycles. The summed E-state index contributed by atoms with van der Waals surface area (Å²) in [5.74, 6) is -0.0372. The topological polar surface area (TPSA) is 35.5 Å². The van der Waals surface area contributed by atoms with E-state index in [9.17, 15) is 4.79 Å². The molecule has 0 spiro atoms. The Labute approximate surface area is 151 Å². The van der Waals surface area contributed by atoms with Crippen LogP contribution >= 0.6 is 0 Å². The summed E-state index contributed by atoms with van der Waals surface area (Å²) in [5.41, 5.74) is 1.13. The lowest BCUT2D eigenvalue weighted by molar-refractivity contribution is -0.134. The van der Waals surface area contributed by atoms with E-state index in [0.717, 1.165) is 12.8 Å². The number of allylic oxidation sites excluding steroid dienone is 1. The Balaban J connectivity index is 2.38. The molecule has 0 aromatic heterocycles. The number of methoxy groups -OCH3 is 1. The highest BCUT2D eigenvalue weighted by atomic mass is 28.4. The second kappa shape index (κ2) is 7.32. The molecule has 1 aromatic carbocycles. The van der Waals surface area contributed by atoms with Crippen LogP contribution in [0.3, 0.4) is 0 Å². The van der Waals surface area contributed by atoms with Crippen molar-refractivity contribution >= 4 is 19.9 Å². The maximum atomic E-state index is 15.2.